The van der Waals surface area contributed by atoms with Crippen LogP contribution in [0.1, 0.15) is 22.3 Å². The summed E-state index contributed by atoms with van der Waals surface area (Å²) in [5.74, 6) is 2.84. The molecule has 4 aliphatic heterocycles. The van der Waals surface area contributed by atoms with Crippen molar-refractivity contribution in [3.63, 3.8) is 0 Å². The van der Waals surface area contributed by atoms with E-state index in [1.807, 2.05) is 60.7 Å². The largest absolute Gasteiger partial charge is 0.456 e. The maximum Gasteiger partial charge on any atom is 0.269 e. The Morgan fingerprint density at radius 1 is 0.586 bits per heavy atom. The van der Waals surface area contributed by atoms with Crippen molar-refractivity contribution >= 4 is 22.7 Å². The molecule has 4 aromatic carbocycles. The van der Waals surface area contributed by atoms with Gasteiger partial charge in [-0.1, -0.05) is 24.3 Å². The van der Waals surface area contributed by atoms with Crippen LogP contribution in [0, 0.1) is 10.1 Å². The van der Waals surface area contributed by atoms with Crippen LogP contribution in [-0.4, -0.2) is 67.5 Å². The summed E-state index contributed by atoms with van der Waals surface area (Å²) in [5, 5.41) is 11.1. The van der Waals surface area contributed by atoms with E-state index in [2.05, 4.69) is 25.8 Å². The average molecular weight is 781 g/mol. The number of benzene rings is 4. The fourth-order valence-electron chi connectivity index (χ4n) is 7.85. The zero-order chi connectivity index (χ0) is 39.8. The molecule has 0 saturated carbocycles. The van der Waals surface area contributed by atoms with Crippen molar-refractivity contribution < 1.29 is 23.9 Å². The third kappa shape index (κ3) is 7.50. The summed E-state index contributed by atoms with van der Waals surface area (Å²) in [5.41, 5.74) is 15.1. The molecule has 6 aromatic rings. The summed E-state index contributed by atoms with van der Waals surface area (Å²) in [6.07, 6.45) is 1.27. The summed E-state index contributed by atoms with van der Waals surface area (Å²) in [6.45, 7) is 5.64. The van der Waals surface area contributed by atoms with E-state index in [9.17, 15) is 19.7 Å². The number of nitro benzene ring substituents is 1. The number of hydrogen-bond acceptors (Lipinski definition) is 11. The first-order valence-electron chi connectivity index (χ1n) is 19.2. The first-order chi connectivity index (χ1) is 28.3. The first-order valence-corrected chi connectivity index (χ1v) is 19.2. The number of hydrogen-bond donors (Lipinski definition) is 3. The van der Waals surface area contributed by atoms with Gasteiger partial charge in [0, 0.05) is 108 Å². The van der Waals surface area contributed by atoms with Crippen LogP contribution < -0.4 is 36.1 Å². The number of non-ortho nitro benzene ring substituents is 1. The molecule has 0 bridgehead atoms. The molecule has 14 nitrogen and oxygen atoms in total. The van der Waals surface area contributed by atoms with Gasteiger partial charge in [0.25, 0.3) is 5.69 Å². The second-order valence-corrected chi connectivity index (χ2v) is 14.5. The highest BCUT2D eigenvalue weighted by Gasteiger charge is 2.25. The van der Waals surface area contributed by atoms with Crippen molar-refractivity contribution in [1.82, 2.24) is 9.97 Å². The SMILES string of the molecule is Nc1ccc2c(c1)Cc1cccc(-c3cc(N4CCOCC4)cc(=O)[nH]3)c1O2.O=c1cc(N2CCOCC2)cc(-c2cccc3c2Oc2ccc([N+](=O)[O-])cc2C3)[nH]1. The summed E-state index contributed by atoms with van der Waals surface area (Å²) in [6, 6.07) is 29.3. The predicted octanol–water partition coefficient (Wildman–Crippen LogP) is 6.64. The van der Waals surface area contributed by atoms with Crippen LogP contribution in [0.25, 0.3) is 22.5 Å². The van der Waals surface area contributed by atoms with Crippen LogP contribution in [0.15, 0.2) is 107 Å². The molecule has 4 aliphatic rings. The minimum absolute atomic E-state index is 0.0412. The number of rotatable bonds is 5. The molecular formula is C44H40N6O8. The van der Waals surface area contributed by atoms with E-state index in [1.165, 1.54) is 6.07 Å². The van der Waals surface area contributed by atoms with Gasteiger partial charge < -0.3 is 44.4 Å². The molecule has 6 heterocycles. The van der Waals surface area contributed by atoms with E-state index < -0.39 is 4.92 Å². The fraction of sp³-hybridized carbons (Fsp3) is 0.227. The number of pyridine rings is 2. The van der Waals surface area contributed by atoms with Gasteiger partial charge in [-0.05, 0) is 54.1 Å². The number of fused-ring (bicyclic) bond motifs is 4. The molecule has 0 aliphatic carbocycles. The van der Waals surface area contributed by atoms with E-state index in [1.54, 1.807) is 24.3 Å². The topological polar surface area (TPSA) is 178 Å². The Morgan fingerprint density at radius 3 is 1.57 bits per heavy atom. The molecule has 2 fully saturated rings. The first kappa shape index (κ1) is 36.7. The van der Waals surface area contributed by atoms with Crippen molar-refractivity contribution in [2.45, 2.75) is 12.8 Å². The van der Waals surface area contributed by atoms with Crippen molar-refractivity contribution in [1.29, 1.82) is 0 Å². The number of aromatic amines is 2. The van der Waals surface area contributed by atoms with E-state index in [0.717, 1.165) is 100 Å². The number of H-pyrrole nitrogens is 2. The minimum Gasteiger partial charge on any atom is -0.456 e. The van der Waals surface area contributed by atoms with Gasteiger partial charge in [0.15, 0.2) is 0 Å². The molecule has 294 valence electrons. The summed E-state index contributed by atoms with van der Waals surface area (Å²) in [4.78, 5) is 45.6. The normalized spacial score (nSPS) is 15.3. The number of anilines is 3. The van der Waals surface area contributed by atoms with Crippen LogP contribution in [-0.2, 0) is 22.3 Å². The maximum absolute atomic E-state index is 12.4. The highest BCUT2D eigenvalue weighted by atomic mass is 16.6. The lowest BCUT2D eigenvalue weighted by atomic mass is 9.96. The molecule has 0 unspecified atom stereocenters. The molecule has 4 N–H and O–H groups in total. The number of nitro groups is 1. The Hall–Kier alpha value is -6.90. The van der Waals surface area contributed by atoms with Gasteiger partial charge >= 0.3 is 0 Å². The monoisotopic (exact) mass is 780 g/mol. The van der Waals surface area contributed by atoms with Crippen LogP contribution >= 0.6 is 0 Å². The Kier molecular flexibility index (Phi) is 9.85. The van der Waals surface area contributed by atoms with E-state index in [4.69, 9.17) is 24.7 Å². The van der Waals surface area contributed by atoms with Crippen molar-refractivity contribution in [2.75, 3.05) is 68.1 Å². The molecular weight excluding hydrogens is 741 g/mol. The number of nitrogens with one attached hydrogen (secondary N) is 2. The molecule has 2 saturated heterocycles. The molecule has 0 amide bonds. The van der Waals surface area contributed by atoms with Crippen LogP contribution in [0.2, 0.25) is 0 Å². The van der Waals surface area contributed by atoms with Gasteiger partial charge in [-0.3, -0.25) is 19.7 Å². The molecule has 0 spiro atoms. The Bertz CT molecular complexity index is 2660. The Morgan fingerprint density at radius 2 is 1.07 bits per heavy atom. The minimum atomic E-state index is -0.409. The number of nitrogens with zero attached hydrogens (tertiary/aromatic N) is 3. The summed E-state index contributed by atoms with van der Waals surface area (Å²) >= 11 is 0. The van der Waals surface area contributed by atoms with E-state index >= 15 is 0 Å². The van der Waals surface area contributed by atoms with Crippen molar-refractivity contribution in [3.8, 4) is 45.5 Å². The summed E-state index contributed by atoms with van der Waals surface area (Å²) in [7, 11) is 0. The maximum atomic E-state index is 12.4. The lowest BCUT2D eigenvalue weighted by Crippen LogP contribution is -2.36. The molecule has 0 radical (unpaired) electrons. The predicted molar refractivity (Wildman–Crippen MR) is 221 cm³/mol. The third-order valence-corrected chi connectivity index (χ3v) is 10.7. The molecule has 2 aromatic heterocycles. The van der Waals surface area contributed by atoms with Gasteiger partial charge in [0.05, 0.1) is 42.7 Å². The Balaban J connectivity index is 0.000000151. The highest BCUT2D eigenvalue weighted by molar-refractivity contribution is 5.76. The van der Waals surface area contributed by atoms with Gasteiger partial charge in [-0.15, -0.1) is 0 Å². The number of ether oxygens (including phenoxy) is 4. The van der Waals surface area contributed by atoms with Crippen LogP contribution in [0.5, 0.6) is 23.0 Å². The zero-order valence-corrected chi connectivity index (χ0v) is 31.5. The smallest absolute Gasteiger partial charge is 0.269 e. The van der Waals surface area contributed by atoms with Gasteiger partial charge in [-0.2, -0.15) is 0 Å². The molecule has 58 heavy (non-hydrogen) atoms. The fourth-order valence-corrected chi connectivity index (χ4v) is 7.85. The number of nitrogens with two attached hydrogens (primary N) is 1. The number of morpholine rings is 2. The zero-order valence-electron chi connectivity index (χ0n) is 31.5. The second kappa shape index (κ2) is 15.6. The number of nitrogen functional groups attached to an aromatic ring is 1. The Labute approximate surface area is 332 Å². The number of para-hydroxylation sites is 2. The standard InChI is InChI=1S/C22H19N3O5.C22H21N3O3/c26-21-13-17(24-6-8-29-9-7-24)12-19(23-21)18-3-1-2-14-10-15-11-16(25(27)28)4-5-20(15)30-22(14)18;23-16-4-5-20-15(11-16)10-14-2-1-3-18(22(14)28-20)19-12-17(13-21(26)24-19)25-6-8-27-9-7-25/h1-5,11-13H,6-10H2,(H,23,26);1-5,11-13H,6-10,23H2,(H,24,26). The van der Waals surface area contributed by atoms with Crippen molar-refractivity contribution in [3.05, 3.63) is 150 Å². The second-order valence-electron chi connectivity index (χ2n) is 14.5. The lowest BCUT2D eigenvalue weighted by Gasteiger charge is -2.29. The van der Waals surface area contributed by atoms with Crippen molar-refractivity contribution in [2.24, 2.45) is 0 Å². The van der Waals surface area contributed by atoms with E-state index in [0.29, 0.717) is 50.0 Å². The lowest BCUT2D eigenvalue weighted by molar-refractivity contribution is -0.384. The van der Waals surface area contributed by atoms with Gasteiger partial charge in [0.2, 0.25) is 11.1 Å². The van der Waals surface area contributed by atoms with Gasteiger partial charge in [0.1, 0.15) is 23.0 Å². The quantitative estimate of drug-likeness (QED) is 0.0969. The molecule has 14 heteroatoms. The third-order valence-electron chi connectivity index (χ3n) is 10.7. The average Bonchev–Trinajstić information content (AvgIpc) is 3.24. The number of aromatic nitrogens is 2. The van der Waals surface area contributed by atoms with Gasteiger partial charge in [-0.25, -0.2) is 0 Å². The van der Waals surface area contributed by atoms with Crippen LogP contribution in [0.4, 0.5) is 22.7 Å². The van der Waals surface area contributed by atoms with E-state index in [-0.39, 0.29) is 16.8 Å². The molecule has 0 atom stereocenters. The van der Waals surface area contributed by atoms with Crippen LogP contribution in [0.3, 0.4) is 0 Å². The molecule has 10 rings (SSSR count). The summed E-state index contributed by atoms with van der Waals surface area (Å²) < 4.78 is 23.2. The highest BCUT2D eigenvalue weighted by Crippen LogP contribution is 2.45.